The van der Waals surface area contributed by atoms with E-state index in [9.17, 15) is 0 Å². The van der Waals surface area contributed by atoms with Crippen LogP contribution in [0.5, 0.6) is 11.5 Å². The van der Waals surface area contributed by atoms with Crippen LogP contribution in [0.1, 0.15) is 45.1 Å². The Morgan fingerprint density at radius 3 is 2.52 bits per heavy atom. The van der Waals surface area contributed by atoms with Gasteiger partial charge in [0.05, 0.1) is 18.2 Å². The standard InChI is InChI=1S/C16H26BrNO2.ClH/c1-4-6-7-8-9-18-12-13-10-14(17)16(19-3)15(11-13)20-5-2;/h10-11,18H,4-9,12H2,1-3H3;1H. The van der Waals surface area contributed by atoms with E-state index in [2.05, 4.69) is 34.2 Å². The normalized spacial score (nSPS) is 10.1. The highest BCUT2D eigenvalue weighted by atomic mass is 79.9. The fraction of sp³-hybridized carbons (Fsp3) is 0.625. The van der Waals surface area contributed by atoms with E-state index in [0.29, 0.717) is 6.61 Å². The van der Waals surface area contributed by atoms with Crippen molar-refractivity contribution < 1.29 is 9.47 Å². The van der Waals surface area contributed by atoms with Gasteiger partial charge in [-0.2, -0.15) is 0 Å². The summed E-state index contributed by atoms with van der Waals surface area (Å²) in [7, 11) is 1.66. The Morgan fingerprint density at radius 2 is 1.90 bits per heavy atom. The van der Waals surface area contributed by atoms with Crippen LogP contribution >= 0.6 is 28.3 Å². The minimum atomic E-state index is 0. The molecule has 0 amide bonds. The molecule has 1 aromatic rings. The lowest BCUT2D eigenvalue weighted by Gasteiger charge is -2.13. The molecule has 122 valence electrons. The van der Waals surface area contributed by atoms with Crippen LogP contribution in [0.15, 0.2) is 16.6 Å². The molecule has 0 spiro atoms. The zero-order valence-corrected chi connectivity index (χ0v) is 15.6. The highest BCUT2D eigenvalue weighted by molar-refractivity contribution is 9.10. The van der Waals surface area contributed by atoms with Gasteiger partial charge in [0.15, 0.2) is 11.5 Å². The first-order valence-electron chi connectivity index (χ1n) is 7.42. The number of unbranched alkanes of at least 4 members (excludes halogenated alkanes) is 3. The molecule has 1 rings (SSSR count). The monoisotopic (exact) mass is 379 g/mol. The number of nitrogens with one attached hydrogen (secondary N) is 1. The van der Waals surface area contributed by atoms with Gasteiger partial charge >= 0.3 is 0 Å². The number of hydrogen-bond donors (Lipinski definition) is 1. The van der Waals surface area contributed by atoms with Crippen molar-refractivity contribution in [2.24, 2.45) is 0 Å². The van der Waals surface area contributed by atoms with Crippen molar-refractivity contribution in [3.05, 3.63) is 22.2 Å². The lowest BCUT2D eigenvalue weighted by atomic mass is 10.2. The molecule has 0 aromatic heterocycles. The summed E-state index contributed by atoms with van der Waals surface area (Å²) in [5, 5.41) is 3.48. The van der Waals surface area contributed by atoms with Crippen molar-refractivity contribution >= 4 is 28.3 Å². The van der Waals surface area contributed by atoms with E-state index in [1.807, 2.05) is 13.0 Å². The van der Waals surface area contributed by atoms with Crippen molar-refractivity contribution in [2.75, 3.05) is 20.3 Å². The number of ether oxygens (including phenoxy) is 2. The minimum absolute atomic E-state index is 0. The summed E-state index contributed by atoms with van der Waals surface area (Å²) in [5.41, 5.74) is 1.21. The Hall–Kier alpha value is -0.450. The predicted molar refractivity (Wildman–Crippen MR) is 95.0 cm³/mol. The first-order chi connectivity index (χ1) is 9.72. The van der Waals surface area contributed by atoms with Gasteiger partial charge in [-0.05, 0) is 53.5 Å². The Labute approximate surface area is 143 Å². The van der Waals surface area contributed by atoms with E-state index >= 15 is 0 Å². The minimum Gasteiger partial charge on any atom is -0.492 e. The van der Waals surface area contributed by atoms with Gasteiger partial charge in [0.1, 0.15) is 0 Å². The first-order valence-corrected chi connectivity index (χ1v) is 8.22. The molecule has 0 aliphatic rings. The number of benzene rings is 1. The summed E-state index contributed by atoms with van der Waals surface area (Å²) >= 11 is 3.54. The second-order valence-corrected chi connectivity index (χ2v) is 5.63. The van der Waals surface area contributed by atoms with Gasteiger partial charge in [-0.25, -0.2) is 0 Å². The second kappa shape index (κ2) is 12.1. The quantitative estimate of drug-likeness (QED) is 0.583. The maximum Gasteiger partial charge on any atom is 0.174 e. The van der Waals surface area contributed by atoms with Gasteiger partial charge in [0.2, 0.25) is 0 Å². The fourth-order valence-electron chi connectivity index (χ4n) is 2.09. The van der Waals surface area contributed by atoms with Gasteiger partial charge in [-0.3, -0.25) is 0 Å². The third-order valence-electron chi connectivity index (χ3n) is 3.11. The molecule has 0 fully saturated rings. The average Bonchev–Trinajstić information content (AvgIpc) is 2.43. The van der Waals surface area contributed by atoms with Crippen molar-refractivity contribution in [2.45, 2.75) is 46.1 Å². The van der Waals surface area contributed by atoms with Crippen LogP contribution in [0, 0.1) is 0 Å². The zero-order chi connectivity index (χ0) is 14.8. The highest BCUT2D eigenvalue weighted by Crippen LogP contribution is 2.36. The van der Waals surface area contributed by atoms with Crippen LogP contribution in [0.3, 0.4) is 0 Å². The lowest BCUT2D eigenvalue weighted by Crippen LogP contribution is -2.14. The maximum atomic E-state index is 5.63. The number of methoxy groups -OCH3 is 1. The van der Waals surface area contributed by atoms with Crippen LogP contribution in [0.2, 0.25) is 0 Å². The first kappa shape index (κ1) is 20.6. The van der Waals surface area contributed by atoms with Gasteiger partial charge in [-0.15, -0.1) is 12.4 Å². The summed E-state index contributed by atoms with van der Waals surface area (Å²) in [6.07, 6.45) is 5.15. The van der Waals surface area contributed by atoms with Crippen molar-refractivity contribution in [1.29, 1.82) is 0 Å². The van der Waals surface area contributed by atoms with Crippen LogP contribution in [-0.4, -0.2) is 20.3 Å². The van der Waals surface area contributed by atoms with Crippen LogP contribution in [0.4, 0.5) is 0 Å². The van der Waals surface area contributed by atoms with Gasteiger partial charge < -0.3 is 14.8 Å². The molecule has 0 saturated carbocycles. The molecule has 0 atom stereocenters. The van der Waals surface area contributed by atoms with Gasteiger partial charge in [0.25, 0.3) is 0 Å². The molecular formula is C16H27BrClNO2. The SMILES string of the molecule is CCCCCCNCc1cc(Br)c(OC)c(OCC)c1.Cl. The van der Waals surface area contributed by atoms with Crippen molar-refractivity contribution in [3.8, 4) is 11.5 Å². The Balaban J connectivity index is 0.00000400. The predicted octanol–water partition coefficient (Wildman–Crippen LogP) is 4.95. The summed E-state index contributed by atoms with van der Waals surface area (Å²) < 4.78 is 11.9. The van der Waals surface area contributed by atoms with E-state index in [0.717, 1.165) is 29.1 Å². The third kappa shape index (κ3) is 7.39. The van der Waals surface area contributed by atoms with E-state index in [4.69, 9.17) is 9.47 Å². The smallest absolute Gasteiger partial charge is 0.174 e. The largest absolute Gasteiger partial charge is 0.492 e. The van der Waals surface area contributed by atoms with Crippen LogP contribution in [-0.2, 0) is 6.54 Å². The van der Waals surface area contributed by atoms with Crippen LogP contribution < -0.4 is 14.8 Å². The molecule has 0 radical (unpaired) electrons. The topological polar surface area (TPSA) is 30.5 Å². The average molecular weight is 381 g/mol. The van der Waals surface area contributed by atoms with Gasteiger partial charge in [-0.1, -0.05) is 26.2 Å². The fourth-order valence-corrected chi connectivity index (χ4v) is 2.75. The molecule has 0 heterocycles. The maximum absolute atomic E-state index is 5.63. The Morgan fingerprint density at radius 1 is 1.14 bits per heavy atom. The molecule has 5 heteroatoms. The zero-order valence-electron chi connectivity index (χ0n) is 13.2. The van der Waals surface area contributed by atoms with E-state index in [-0.39, 0.29) is 12.4 Å². The van der Waals surface area contributed by atoms with Crippen molar-refractivity contribution in [3.63, 3.8) is 0 Å². The van der Waals surface area contributed by atoms with Crippen LogP contribution in [0.25, 0.3) is 0 Å². The van der Waals surface area contributed by atoms with Gasteiger partial charge in [0, 0.05) is 6.54 Å². The summed E-state index contributed by atoms with van der Waals surface area (Å²) in [4.78, 5) is 0. The molecular weight excluding hydrogens is 354 g/mol. The molecule has 0 aliphatic heterocycles. The molecule has 0 bridgehead atoms. The summed E-state index contributed by atoms with van der Waals surface area (Å²) in [5.74, 6) is 1.56. The molecule has 0 aliphatic carbocycles. The Kier molecular flexibility index (Phi) is 11.9. The summed E-state index contributed by atoms with van der Waals surface area (Å²) in [6.45, 7) is 6.77. The number of halogens is 2. The molecule has 0 saturated heterocycles. The second-order valence-electron chi connectivity index (χ2n) is 4.78. The summed E-state index contributed by atoms with van der Waals surface area (Å²) in [6, 6.07) is 4.13. The van der Waals surface area contributed by atoms with E-state index < -0.39 is 0 Å². The third-order valence-corrected chi connectivity index (χ3v) is 3.70. The highest BCUT2D eigenvalue weighted by Gasteiger charge is 2.10. The molecule has 0 unspecified atom stereocenters. The lowest BCUT2D eigenvalue weighted by molar-refractivity contribution is 0.309. The molecule has 21 heavy (non-hydrogen) atoms. The van der Waals surface area contributed by atoms with E-state index in [1.54, 1.807) is 7.11 Å². The molecule has 1 aromatic carbocycles. The number of hydrogen-bond acceptors (Lipinski definition) is 3. The molecule has 1 N–H and O–H groups in total. The number of rotatable bonds is 10. The van der Waals surface area contributed by atoms with E-state index in [1.165, 1.54) is 31.2 Å². The van der Waals surface area contributed by atoms with Crippen molar-refractivity contribution in [1.82, 2.24) is 5.32 Å². The Bertz CT molecular complexity index is 402. The molecule has 3 nitrogen and oxygen atoms in total.